The second-order valence-corrected chi connectivity index (χ2v) is 7.22. The van der Waals surface area contributed by atoms with Crippen LogP contribution in [0.3, 0.4) is 0 Å². The first-order valence-electron chi connectivity index (χ1n) is 8.43. The lowest BCUT2D eigenvalue weighted by Crippen LogP contribution is -2.12. The summed E-state index contributed by atoms with van der Waals surface area (Å²) in [4.78, 5) is 32.3. The van der Waals surface area contributed by atoms with Gasteiger partial charge in [-0.05, 0) is 51.8 Å². The number of aromatic nitrogens is 2. The molecule has 0 radical (unpaired) electrons. The monoisotopic (exact) mass is 493 g/mol. The second kappa shape index (κ2) is 9.19. The molecule has 10 heteroatoms. The third kappa shape index (κ3) is 4.74. The van der Waals surface area contributed by atoms with Crippen molar-refractivity contribution in [2.45, 2.75) is 6.61 Å². The summed E-state index contributed by atoms with van der Waals surface area (Å²) in [6, 6.07) is 10.4. The van der Waals surface area contributed by atoms with E-state index in [2.05, 4.69) is 30.6 Å². The molecule has 0 aliphatic heterocycles. The molecule has 3 rings (SSSR count). The molecular weight excluding hydrogens is 481 g/mol. The highest BCUT2D eigenvalue weighted by atomic mass is 79.9. The van der Waals surface area contributed by atoms with Crippen molar-refractivity contribution in [1.82, 2.24) is 9.97 Å². The van der Waals surface area contributed by atoms with Gasteiger partial charge in [0.2, 0.25) is 0 Å². The van der Waals surface area contributed by atoms with Gasteiger partial charge in [0.05, 0.1) is 22.7 Å². The first-order chi connectivity index (χ1) is 14.3. The molecule has 0 saturated heterocycles. The first kappa shape index (κ1) is 21.7. The van der Waals surface area contributed by atoms with Gasteiger partial charge in [0.1, 0.15) is 18.2 Å². The zero-order valence-corrected chi connectivity index (χ0v) is 17.8. The van der Waals surface area contributed by atoms with Crippen molar-refractivity contribution in [2.75, 3.05) is 12.8 Å². The van der Waals surface area contributed by atoms with Gasteiger partial charge in [0, 0.05) is 5.02 Å². The Balaban J connectivity index is 1.86. The molecule has 30 heavy (non-hydrogen) atoms. The minimum absolute atomic E-state index is 0.0263. The average Bonchev–Trinajstić information content (AvgIpc) is 2.73. The highest BCUT2D eigenvalue weighted by molar-refractivity contribution is 9.10. The molecule has 2 aromatic carbocycles. The molecule has 0 saturated carbocycles. The fraction of sp³-hybridized carbons (Fsp3) is 0.100. The van der Waals surface area contributed by atoms with Gasteiger partial charge in [-0.3, -0.25) is 0 Å². The molecule has 0 unspecified atom stereocenters. The molecule has 0 aliphatic rings. The fourth-order valence-corrected chi connectivity index (χ4v) is 3.01. The minimum Gasteiger partial charge on any atom is -0.465 e. The molecule has 3 aromatic rings. The number of benzene rings is 2. The lowest BCUT2D eigenvalue weighted by molar-refractivity contribution is 0.0464. The molecule has 0 amide bonds. The predicted molar refractivity (Wildman–Crippen MR) is 111 cm³/mol. The van der Waals surface area contributed by atoms with Crippen LogP contribution >= 0.6 is 27.5 Å². The van der Waals surface area contributed by atoms with Crippen LogP contribution in [0.2, 0.25) is 5.02 Å². The van der Waals surface area contributed by atoms with Crippen LogP contribution in [0.15, 0.2) is 46.9 Å². The van der Waals surface area contributed by atoms with Gasteiger partial charge in [-0.15, -0.1) is 0 Å². The van der Waals surface area contributed by atoms with Gasteiger partial charge in [0.15, 0.2) is 11.5 Å². The van der Waals surface area contributed by atoms with Crippen molar-refractivity contribution in [3.05, 3.63) is 74.6 Å². The highest BCUT2D eigenvalue weighted by Crippen LogP contribution is 2.28. The normalized spacial score (nSPS) is 10.5. The van der Waals surface area contributed by atoms with Crippen LogP contribution in [0.4, 0.5) is 10.2 Å². The Labute approximate surface area is 184 Å². The quantitative estimate of drug-likeness (QED) is 0.523. The summed E-state index contributed by atoms with van der Waals surface area (Å²) in [6.45, 7) is -0.134. The molecule has 1 aromatic heterocycles. The second-order valence-electron chi connectivity index (χ2n) is 5.99. The van der Waals surface area contributed by atoms with Crippen LogP contribution < -0.4 is 5.73 Å². The van der Waals surface area contributed by atoms with Gasteiger partial charge < -0.3 is 15.2 Å². The van der Waals surface area contributed by atoms with Crippen LogP contribution in [-0.4, -0.2) is 29.0 Å². The minimum atomic E-state index is -0.810. The number of esters is 2. The number of rotatable bonds is 5. The summed E-state index contributed by atoms with van der Waals surface area (Å²) in [7, 11) is 1.27. The summed E-state index contributed by atoms with van der Waals surface area (Å²) in [6.07, 6.45) is 0. The van der Waals surface area contributed by atoms with E-state index >= 15 is 0 Å². The molecular formula is C20H14BrClFN3O4. The van der Waals surface area contributed by atoms with E-state index in [9.17, 15) is 14.0 Å². The third-order valence-corrected chi connectivity index (χ3v) is 4.98. The maximum absolute atomic E-state index is 14.2. The number of hydrogen-bond donors (Lipinski definition) is 1. The van der Waals surface area contributed by atoms with Crippen LogP contribution in [-0.2, 0) is 16.1 Å². The molecule has 0 fully saturated rings. The van der Waals surface area contributed by atoms with E-state index in [0.29, 0.717) is 11.1 Å². The van der Waals surface area contributed by atoms with Gasteiger partial charge >= 0.3 is 11.9 Å². The molecule has 1 heterocycles. The zero-order chi connectivity index (χ0) is 21.8. The standard InChI is InChI=1S/C20H14BrClFN3O4/c1-29-19(27)11-4-2-3-10(7-11)9-30-20(28)16-15(21)17(24)26-18(25-16)13-6-5-12(22)8-14(13)23/h2-8H,9H2,1H3,(H2,24,25,26). The van der Waals surface area contributed by atoms with Crippen LogP contribution in [0.25, 0.3) is 11.4 Å². The van der Waals surface area contributed by atoms with Gasteiger partial charge in [-0.25, -0.2) is 23.9 Å². The maximum Gasteiger partial charge on any atom is 0.358 e. The number of halogens is 3. The van der Waals surface area contributed by atoms with Gasteiger partial charge in [0.25, 0.3) is 0 Å². The van der Waals surface area contributed by atoms with E-state index in [1.165, 1.54) is 25.3 Å². The topological polar surface area (TPSA) is 104 Å². The Morgan fingerprint density at radius 1 is 1.17 bits per heavy atom. The Hall–Kier alpha value is -3.04. The smallest absolute Gasteiger partial charge is 0.358 e. The van der Waals surface area contributed by atoms with E-state index < -0.39 is 17.8 Å². The lowest BCUT2D eigenvalue weighted by Gasteiger charge is -2.10. The number of nitrogens with zero attached hydrogens (tertiary/aromatic N) is 2. The summed E-state index contributed by atoms with van der Waals surface area (Å²) in [5.74, 6) is -2.14. The number of anilines is 1. The molecule has 0 atom stereocenters. The van der Waals surface area contributed by atoms with Crippen LogP contribution in [0, 0.1) is 5.82 Å². The predicted octanol–water partition coefficient (Wildman–Crippen LogP) is 4.42. The van der Waals surface area contributed by atoms with E-state index in [0.717, 1.165) is 6.07 Å². The highest BCUT2D eigenvalue weighted by Gasteiger charge is 2.21. The maximum atomic E-state index is 14.2. The van der Waals surface area contributed by atoms with Crippen molar-refractivity contribution in [1.29, 1.82) is 0 Å². The van der Waals surface area contributed by atoms with Gasteiger partial charge in [-0.2, -0.15) is 0 Å². The number of methoxy groups -OCH3 is 1. The molecule has 2 N–H and O–H groups in total. The van der Waals surface area contributed by atoms with E-state index in [1.54, 1.807) is 18.2 Å². The number of nitrogen functional groups attached to an aromatic ring is 1. The van der Waals surface area contributed by atoms with E-state index in [4.69, 9.17) is 22.1 Å². The number of carbonyl (C=O) groups is 2. The fourth-order valence-electron chi connectivity index (χ4n) is 2.51. The van der Waals surface area contributed by atoms with Crippen molar-refractivity contribution in [2.24, 2.45) is 0 Å². The number of nitrogens with two attached hydrogens (primary N) is 1. The molecule has 154 valence electrons. The first-order valence-corrected chi connectivity index (χ1v) is 9.60. The Morgan fingerprint density at radius 2 is 1.93 bits per heavy atom. The van der Waals surface area contributed by atoms with E-state index in [-0.39, 0.29) is 39.0 Å². The van der Waals surface area contributed by atoms with Crippen LogP contribution in [0.5, 0.6) is 0 Å². The Kier molecular flexibility index (Phi) is 6.63. The molecule has 7 nitrogen and oxygen atoms in total. The van der Waals surface area contributed by atoms with Crippen molar-refractivity contribution in [3.63, 3.8) is 0 Å². The number of hydrogen-bond acceptors (Lipinski definition) is 7. The van der Waals surface area contributed by atoms with Gasteiger partial charge in [-0.1, -0.05) is 23.7 Å². The summed E-state index contributed by atoms with van der Waals surface area (Å²) < 4.78 is 24.3. The summed E-state index contributed by atoms with van der Waals surface area (Å²) in [5, 5.41) is 0.204. The van der Waals surface area contributed by atoms with Crippen molar-refractivity contribution >= 4 is 45.3 Å². The Bertz CT molecular complexity index is 1140. The van der Waals surface area contributed by atoms with E-state index in [1.807, 2.05) is 0 Å². The van der Waals surface area contributed by atoms with Crippen molar-refractivity contribution in [3.8, 4) is 11.4 Å². The largest absolute Gasteiger partial charge is 0.465 e. The summed E-state index contributed by atoms with van der Waals surface area (Å²) in [5.41, 5.74) is 6.58. The number of ether oxygens (including phenoxy) is 2. The molecule has 0 bridgehead atoms. The van der Waals surface area contributed by atoms with Crippen LogP contribution in [0.1, 0.15) is 26.4 Å². The number of carbonyl (C=O) groups excluding carboxylic acids is 2. The Morgan fingerprint density at radius 3 is 2.63 bits per heavy atom. The molecule has 0 spiro atoms. The van der Waals surface area contributed by atoms with Crippen molar-refractivity contribution < 1.29 is 23.5 Å². The zero-order valence-electron chi connectivity index (χ0n) is 15.5. The average molecular weight is 495 g/mol. The SMILES string of the molecule is COC(=O)c1cccc(COC(=O)c2nc(-c3ccc(Cl)cc3F)nc(N)c2Br)c1. The molecule has 0 aliphatic carbocycles. The third-order valence-electron chi connectivity index (χ3n) is 3.96. The lowest BCUT2D eigenvalue weighted by atomic mass is 10.1. The summed E-state index contributed by atoms with van der Waals surface area (Å²) >= 11 is 8.92.